The van der Waals surface area contributed by atoms with Crippen LogP contribution in [0.3, 0.4) is 0 Å². The topological polar surface area (TPSA) is 85.6 Å². The molecule has 0 atom stereocenters. The highest BCUT2D eigenvalue weighted by Gasteiger charge is 2.31. The number of para-hydroxylation sites is 1. The molecule has 2 aromatic carbocycles. The summed E-state index contributed by atoms with van der Waals surface area (Å²) in [5.74, 6) is -0.928. The number of nitrogens with zero attached hydrogens (tertiary/aromatic N) is 3. The van der Waals surface area contributed by atoms with Crippen LogP contribution in [0.25, 0.3) is 16.9 Å². The van der Waals surface area contributed by atoms with Crippen molar-refractivity contribution in [2.24, 2.45) is 0 Å². The molecule has 0 saturated heterocycles. The fraction of sp³-hybridized carbons (Fsp3) is 0.130. The van der Waals surface area contributed by atoms with Gasteiger partial charge in [0.1, 0.15) is 11.4 Å². The minimum atomic E-state index is -4.77. The fourth-order valence-corrected chi connectivity index (χ4v) is 3.20. The van der Waals surface area contributed by atoms with E-state index in [1.165, 1.54) is 36.7 Å². The summed E-state index contributed by atoms with van der Waals surface area (Å²) in [6.45, 7) is 1.74. The van der Waals surface area contributed by atoms with Crippen LogP contribution in [0, 0.1) is 0 Å². The predicted octanol–water partition coefficient (Wildman–Crippen LogP) is 5.14. The summed E-state index contributed by atoms with van der Waals surface area (Å²) in [6, 6.07) is 12.0. The lowest BCUT2D eigenvalue weighted by Gasteiger charge is -2.09. The summed E-state index contributed by atoms with van der Waals surface area (Å²) < 4.78 is 42.4. The fourth-order valence-electron chi connectivity index (χ4n) is 3.20. The van der Waals surface area contributed by atoms with Crippen LogP contribution >= 0.6 is 0 Å². The number of hydrogen-bond donors (Lipinski definition) is 1. The maximum absolute atomic E-state index is 12.7. The van der Waals surface area contributed by atoms with Crippen molar-refractivity contribution in [3.63, 3.8) is 0 Å². The Bertz CT molecular complexity index is 1330. The lowest BCUT2D eigenvalue weighted by atomic mass is 10.1. The van der Waals surface area contributed by atoms with Gasteiger partial charge in [-0.05, 0) is 36.4 Å². The molecule has 0 radical (unpaired) electrons. The number of hydrogen-bond acceptors (Lipinski definition) is 5. The molecule has 2 aromatic heterocycles. The van der Waals surface area contributed by atoms with E-state index >= 15 is 0 Å². The zero-order valence-corrected chi connectivity index (χ0v) is 17.3. The number of carbonyl (C=O) groups is 2. The van der Waals surface area contributed by atoms with Crippen LogP contribution < -0.4 is 10.1 Å². The molecular weight excluding hydrogens is 437 g/mol. The molecule has 0 spiro atoms. The van der Waals surface area contributed by atoms with E-state index in [9.17, 15) is 22.8 Å². The first kappa shape index (κ1) is 22.0. The van der Waals surface area contributed by atoms with E-state index in [2.05, 4.69) is 20.0 Å². The molecule has 33 heavy (non-hydrogen) atoms. The van der Waals surface area contributed by atoms with Crippen molar-refractivity contribution in [1.82, 2.24) is 14.4 Å². The number of imidazole rings is 1. The normalized spacial score (nSPS) is 11.4. The van der Waals surface area contributed by atoms with Crippen LogP contribution in [0.15, 0.2) is 67.1 Å². The first-order valence-electron chi connectivity index (χ1n) is 9.88. The summed E-state index contributed by atoms with van der Waals surface area (Å²) in [6.07, 6.45) is 0.0884. The molecule has 1 N–H and O–H groups in total. The molecule has 0 fully saturated rings. The molecule has 1 amide bonds. The number of alkyl halides is 3. The third-order valence-corrected chi connectivity index (χ3v) is 4.75. The molecule has 0 bridgehead atoms. The van der Waals surface area contributed by atoms with Gasteiger partial charge in [-0.1, -0.05) is 19.1 Å². The quantitative estimate of drug-likeness (QED) is 0.408. The minimum absolute atomic E-state index is 0.0959. The Labute approximate surface area is 185 Å². The molecular formula is C23H17F3N4O3. The predicted molar refractivity (Wildman–Crippen MR) is 114 cm³/mol. The van der Waals surface area contributed by atoms with Crippen LogP contribution in [0.5, 0.6) is 5.75 Å². The second-order valence-electron chi connectivity index (χ2n) is 7.01. The second-order valence-corrected chi connectivity index (χ2v) is 7.01. The number of Topliss-reactive ketones (excluding diaryl/α,β-unsaturated/α-hetero) is 1. The SMILES string of the molecule is CCC(=O)c1ccccc1NC(=O)c1cn2cc(-c3ccc(OC(F)(F)F)cc3)ncc2n1. The monoisotopic (exact) mass is 454 g/mol. The third kappa shape index (κ3) is 5.00. The van der Waals surface area contributed by atoms with E-state index in [1.807, 2.05) is 0 Å². The molecule has 0 saturated carbocycles. The Balaban J connectivity index is 1.56. The zero-order valence-electron chi connectivity index (χ0n) is 17.3. The number of halogens is 3. The number of anilines is 1. The molecule has 0 aliphatic heterocycles. The highest BCUT2D eigenvalue weighted by atomic mass is 19.4. The number of aromatic nitrogens is 3. The average Bonchev–Trinajstić information content (AvgIpc) is 3.22. The van der Waals surface area contributed by atoms with Gasteiger partial charge in [-0.2, -0.15) is 0 Å². The standard InChI is InChI=1S/C23H17F3N4O3/c1-2-20(31)16-5-3-4-6-17(16)29-22(32)19-13-30-12-18(27-11-21(30)28-19)14-7-9-15(10-8-14)33-23(24,25)26/h3-13H,2H2,1H3,(H,29,32). The van der Waals surface area contributed by atoms with E-state index < -0.39 is 12.3 Å². The van der Waals surface area contributed by atoms with Gasteiger partial charge in [-0.15, -0.1) is 13.2 Å². The Kier molecular flexibility index (Phi) is 5.82. The summed E-state index contributed by atoms with van der Waals surface area (Å²) in [5.41, 5.74) is 2.34. The van der Waals surface area contributed by atoms with Gasteiger partial charge >= 0.3 is 6.36 Å². The van der Waals surface area contributed by atoms with E-state index in [4.69, 9.17) is 0 Å². The number of ether oxygens (including phenoxy) is 1. The smallest absolute Gasteiger partial charge is 0.406 e. The maximum Gasteiger partial charge on any atom is 0.573 e. The van der Waals surface area contributed by atoms with Crippen molar-refractivity contribution in [1.29, 1.82) is 0 Å². The van der Waals surface area contributed by atoms with Crippen molar-refractivity contribution in [2.75, 3.05) is 5.32 Å². The van der Waals surface area contributed by atoms with Crippen LogP contribution in [0.4, 0.5) is 18.9 Å². The first-order chi connectivity index (χ1) is 15.7. The van der Waals surface area contributed by atoms with Gasteiger partial charge in [0.15, 0.2) is 11.4 Å². The van der Waals surface area contributed by atoms with Crippen molar-refractivity contribution in [3.8, 4) is 17.0 Å². The third-order valence-electron chi connectivity index (χ3n) is 4.75. The molecule has 4 aromatic rings. The van der Waals surface area contributed by atoms with Gasteiger partial charge in [0.05, 0.1) is 17.6 Å². The molecule has 4 rings (SSSR count). The van der Waals surface area contributed by atoms with Gasteiger partial charge in [-0.25, -0.2) is 4.98 Å². The zero-order chi connectivity index (χ0) is 23.6. The van der Waals surface area contributed by atoms with Gasteiger partial charge in [0.2, 0.25) is 0 Å². The number of amides is 1. The number of fused-ring (bicyclic) bond motifs is 1. The first-order valence-corrected chi connectivity index (χ1v) is 9.88. The molecule has 2 heterocycles. The van der Waals surface area contributed by atoms with Crippen LogP contribution in [-0.2, 0) is 0 Å². The lowest BCUT2D eigenvalue weighted by molar-refractivity contribution is -0.274. The molecule has 168 valence electrons. The number of ketones is 1. The van der Waals surface area contributed by atoms with Crippen molar-refractivity contribution in [3.05, 3.63) is 78.4 Å². The Morgan fingerprint density at radius 2 is 1.79 bits per heavy atom. The van der Waals surface area contributed by atoms with E-state index in [0.717, 1.165) is 0 Å². The van der Waals surface area contributed by atoms with Crippen LogP contribution in [-0.4, -0.2) is 32.4 Å². The number of rotatable bonds is 6. The highest BCUT2D eigenvalue weighted by molar-refractivity contribution is 6.08. The van der Waals surface area contributed by atoms with E-state index in [0.29, 0.717) is 34.6 Å². The summed E-state index contributed by atoms with van der Waals surface area (Å²) in [7, 11) is 0. The molecule has 0 unspecified atom stereocenters. The number of nitrogens with one attached hydrogen (secondary N) is 1. The lowest BCUT2D eigenvalue weighted by Crippen LogP contribution is -2.16. The number of carbonyl (C=O) groups excluding carboxylic acids is 2. The summed E-state index contributed by atoms with van der Waals surface area (Å²) >= 11 is 0. The Hall–Kier alpha value is -4.21. The van der Waals surface area contributed by atoms with Gasteiger partial charge < -0.3 is 14.5 Å². The molecule has 0 aliphatic rings. The Morgan fingerprint density at radius 3 is 2.48 bits per heavy atom. The van der Waals surface area contributed by atoms with Gasteiger partial charge in [0, 0.05) is 29.9 Å². The molecule has 0 aliphatic carbocycles. The Morgan fingerprint density at radius 1 is 1.06 bits per heavy atom. The largest absolute Gasteiger partial charge is 0.573 e. The number of benzene rings is 2. The van der Waals surface area contributed by atoms with Crippen molar-refractivity contribution in [2.45, 2.75) is 19.7 Å². The van der Waals surface area contributed by atoms with E-state index in [1.54, 1.807) is 41.8 Å². The van der Waals surface area contributed by atoms with Gasteiger partial charge in [-0.3, -0.25) is 14.6 Å². The maximum atomic E-state index is 12.7. The minimum Gasteiger partial charge on any atom is -0.406 e. The van der Waals surface area contributed by atoms with E-state index in [-0.39, 0.29) is 17.2 Å². The van der Waals surface area contributed by atoms with Crippen LogP contribution in [0.2, 0.25) is 0 Å². The van der Waals surface area contributed by atoms with Gasteiger partial charge in [0.25, 0.3) is 5.91 Å². The second kappa shape index (κ2) is 8.73. The van der Waals surface area contributed by atoms with Crippen molar-refractivity contribution < 1.29 is 27.5 Å². The average molecular weight is 454 g/mol. The highest BCUT2D eigenvalue weighted by Crippen LogP contribution is 2.26. The summed E-state index contributed by atoms with van der Waals surface area (Å²) in [5, 5.41) is 2.71. The van der Waals surface area contributed by atoms with Crippen LogP contribution in [0.1, 0.15) is 34.2 Å². The molecule has 10 heteroatoms. The molecule has 7 nitrogen and oxygen atoms in total. The van der Waals surface area contributed by atoms with Crippen molar-refractivity contribution >= 4 is 23.0 Å². The summed E-state index contributed by atoms with van der Waals surface area (Å²) in [4.78, 5) is 33.4.